The normalized spacial score (nSPS) is 19.7. The molecule has 5 heteroatoms. The minimum absolute atomic E-state index is 0.485. The van der Waals surface area contributed by atoms with Gasteiger partial charge in [0.25, 0.3) is 0 Å². The number of hydrogen-bond acceptors (Lipinski definition) is 5. The van der Waals surface area contributed by atoms with E-state index in [9.17, 15) is 0 Å². The molecule has 2 heterocycles. The molecule has 2 rings (SSSR count). The molecule has 1 aromatic rings. The van der Waals surface area contributed by atoms with Crippen LogP contribution in [0.3, 0.4) is 0 Å². The maximum absolute atomic E-state index is 5.24. The molecule has 0 saturated carbocycles. The van der Waals surface area contributed by atoms with E-state index < -0.39 is 0 Å². The highest BCUT2D eigenvalue weighted by Gasteiger charge is 2.20. The fourth-order valence-electron chi connectivity index (χ4n) is 2.50. The van der Waals surface area contributed by atoms with E-state index in [-0.39, 0.29) is 0 Å². The predicted octanol–water partition coefficient (Wildman–Crippen LogP) is 1.78. The number of nitrogens with one attached hydrogen (secondary N) is 1. The van der Waals surface area contributed by atoms with Crippen LogP contribution in [0.5, 0.6) is 0 Å². The molecule has 5 nitrogen and oxygen atoms in total. The van der Waals surface area contributed by atoms with Gasteiger partial charge >= 0.3 is 0 Å². The molecule has 1 saturated heterocycles. The van der Waals surface area contributed by atoms with Crippen LogP contribution in [0.4, 0.5) is 0 Å². The number of methoxy groups -OCH3 is 1. The van der Waals surface area contributed by atoms with Crippen molar-refractivity contribution >= 4 is 0 Å². The first-order valence-corrected chi connectivity index (χ1v) is 7.10. The van der Waals surface area contributed by atoms with E-state index in [2.05, 4.69) is 29.2 Å². The van der Waals surface area contributed by atoms with Crippen LogP contribution in [0.2, 0.25) is 0 Å². The van der Waals surface area contributed by atoms with Gasteiger partial charge in [-0.05, 0) is 33.2 Å². The fourth-order valence-corrected chi connectivity index (χ4v) is 2.50. The third-order valence-electron chi connectivity index (χ3n) is 3.61. The molecule has 108 valence electrons. The van der Waals surface area contributed by atoms with Crippen molar-refractivity contribution in [3.63, 3.8) is 0 Å². The Morgan fingerprint density at radius 1 is 1.58 bits per heavy atom. The van der Waals surface area contributed by atoms with Crippen molar-refractivity contribution in [3.8, 4) is 0 Å². The summed E-state index contributed by atoms with van der Waals surface area (Å²) < 4.78 is 10.3. The molecule has 1 aliphatic heterocycles. The minimum Gasteiger partial charge on any atom is -0.377 e. The van der Waals surface area contributed by atoms with E-state index in [1.165, 1.54) is 12.8 Å². The Kier molecular flexibility index (Phi) is 5.36. The van der Waals surface area contributed by atoms with Crippen LogP contribution in [0.1, 0.15) is 38.1 Å². The number of ether oxygens (including phenoxy) is 1. The van der Waals surface area contributed by atoms with Gasteiger partial charge in [-0.1, -0.05) is 5.16 Å². The molecule has 1 unspecified atom stereocenters. The highest BCUT2D eigenvalue weighted by Crippen LogP contribution is 2.13. The quantitative estimate of drug-likeness (QED) is 0.816. The second-order valence-electron chi connectivity index (χ2n) is 5.53. The van der Waals surface area contributed by atoms with Crippen LogP contribution < -0.4 is 5.32 Å². The van der Waals surface area contributed by atoms with Crippen LogP contribution in [0, 0.1) is 0 Å². The Morgan fingerprint density at radius 2 is 2.42 bits per heavy atom. The first kappa shape index (κ1) is 14.5. The summed E-state index contributed by atoms with van der Waals surface area (Å²) in [6.45, 7) is 8.00. The summed E-state index contributed by atoms with van der Waals surface area (Å²) in [6, 6.07) is 3.11. The topological polar surface area (TPSA) is 50.5 Å². The third-order valence-corrected chi connectivity index (χ3v) is 3.61. The Balaban J connectivity index is 1.90. The van der Waals surface area contributed by atoms with Gasteiger partial charge in [-0.2, -0.15) is 0 Å². The summed E-state index contributed by atoms with van der Waals surface area (Å²) in [5.74, 6) is 0.792. The molecule has 0 aliphatic carbocycles. The molecule has 1 N–H and O–H groups in total. The molecule has 1 aliphatic rings. The highest BCUT2D eigenvalue weighted by atomic mass is 16.5. The minimum atomic E-state index is 0.485. The standard InChI is InChI=1S/C14H25N3O2/c1-11(2)17(8-12-5-4-6-15-12)9-13-7-14(10-18-3)19-16-13/h7,11-12,15H,4-6,8-10H2,1-3H3. The molecular weight excluding hydrogens is 242 g/mol. The molecule has 1 fully saturated rings. The summed E-state index contributed by atoms with van der Waals surface area (Å²) >= 11 is 0. The fraction of sp³-hybridized carbons (Fsp3) is 0.786. The van der Waals surface area contributed by atoms with Crippen LogP contribution in [0.25, 0.3) is 0 Å². The molecule has 0 radical (unpaired) electrons. The highest BCUT2D eigenvalue weighted by molar-refractivity contribution is 5.04. The number of hydrogen-bond donors (Lipinski definition) is 1. The largest absolute Gasteiger partial charge is 0.377 e. The van der Waals surface area contributed by atoms with E-state index in [4.69, 9.17) is 9.26 Å². The van der Waals surface area contributed by atoms with Gasteiger partial charge in [-0.25, -0.2) is 0 Å². The molecule has 19 heavy (non-hydrogen) atoms. The average Bonchev–Trinajstić information content (AvgIpc) is 3.01. The zero-order valence-corrected chi connectivity index (χ0v) is 12.2. The second-order valence-corrected chi connectivity index (χ2v) is 5.53. The maximum atomic E-state index is 5.24. The van der Waals surface area contributed by atoms with Gasteiger partial charge in [-0.15, -0.1) is 0 Å². The van der Waals surface area contributed by atoms with Crippen molar-refractivity contribution in [1.29, 1.82) is 0 Å². The van der Waals surface area contributed by atoms with E-state index >= 15 is 0 Å². The van der Waals surface area contributed by atoms with Crippen molar-refractivity contribution in [3.05, 3.63) is 17.5 Å². The number of rotatable bonds is 7. The molecule has 0 bridgehead atoms. The predicted molar refractivity (Wildman–Crippen MR) is 73.8 cm³/mol. The van der Waals surface area contributed by atoms with E-state index in [1.807, 2.05) is 6.07 Å². The summed E-state index contributed by atoms with van der Waals surface area (Å²) in [5.41, 5.74) is 0.985. The Morgan fingerprint density at radius 3 is 3.05 bits per heavy atom. The molecule has 1 atom stereocenters. The molecule has 0 aromatic carbocycles. The van der Waals surface area contributed by atoms with Crippen molar-refractivity contribution in [2.75, 3.05) is 20.2 Å². The Hall–Kier alpha value is -0.910. The maximum Gasteiger partial charge on any atom is 0.162 e. The molecule has 1 aromatic heterocycles. The Bertz CT molecular complexity index is 373. The lowest BCUT2D eigenvalue weighted by Crippen LogP contribution is -2.40. The summed E-state index contributed by atoms with van der Waals surface area (Å²) in [7, 11) is 1.66. The van der Waals surface area contributed by atoms with Gasteiger partial charge < -0.3 is 14.6 Å². The van der Waals surface area contributed by atoms with Gasteiger partial charge in [0.2, 0.25) is 0 Å². The van der Waals surface area contributed by atoms with Gasteiger partial charge in [0.1, 0.15) is 6.61 Å². The summed E-state index contributed by atoms with van der Waals surface area (Å²) in [6.07, 6.45) is 2.56. The van der Waals surface area contributed by atoms with Crippen LogP contribution in [0.15, 0.2) is 10.6 Å². The van der Waals surface area contributed by atoms with Crippen LogP contribution >= 0.6 is 0 Å². The molecule has 0 amide bonds. The van der Waals surface area contributed by atoms with E-state index in [0.29, 0.717) is 18.7 Å². The van der Waals surface area contributed by atoms with E-state index in [0.717, 1.165) is 31.1 Å². The Labute approximate surface area is 115 Å². The number of nitrogens with zero attached hydrogens (tertiary/aromatic N) is 2. The number of aromatic nitrogens is 1. The first-order valence-electron chi connectivity index (χ1n) is 7.10. The smallest absolute Gasteiger partial charge is 0.162 e. The van der Waals surface area contributed by atoms with Crippen molar-refractivity contribution in [2.24, 2.45) is 0 Å². The SMILES string of the molecule is COCc1cc(CN(CC2CCCN2)C(C)C)no1. The van der Waals surface area contributed by atoms with Gasteiger partial charge in [0.15, 0.2) is 5.76 Å². The first-order chi connectivity index (χ1) is 9.19. The second kappa shape index (κ2) is 7.03. The zero-order chi connectivity index (χ0) is 13.7. The van der Waals surface area contributed by atoms with E-state index in [1.54, 1.807) is 7.11 Å². The van der Waals surface area contributed by atoms with Gasteiger partial charge in [0.05, 0.1) is 5.69 Å². The zero-order valence-electron chi connectivity index (χ0n) is 12.2. The molecular formula is C14H25N3O2. The summed E-state index contributed by atoms with van der Waals surface area (Å²) in [4.78, 5) is 2.44. The van der Waals surface area contributed by atoms with Crippen molar-refractivity contribution < 1.29 is 9.26 Å². The monoisotopic (exact) mass is 267 g/mol. The van der Waals surface area contributed by atoms with Crippen LogP contribution in [-0.2, 0) is 17.9 Å². The third kappa shape index (κ3) is 4.30. The lowest BCUT2D eigenvalue weighted by molar-refractivity contribution is 0.154. The lowest BCUT2D eigenvalue weighted by atomic mass is 10.2. The molecule has 0 spiro atoms. The van der Waals surface area contributed by atoms with Crippen LogP contribution in [-0.4, -0.2) is 42.3 Å². The van der Waals surface area contributed by atoms with Crippen molar-refractivity contribution in [1.82, 2.24) is 15.4 Å². The summed E-state index contributed by atoms with van der Waals surface area (Å²) in [5, 5.41) is 7.66. The van der Waals surface area contributed by atoms with Gasteiger partial charge in [0, 0.05) is 38.3 Å². The lowest BCUT2D eigenvalue weighted by Gasteiger charge is -2.28. The van der Waals surface area contributed by atoms with Gasteiger partial charge in [-0.3, -0.25) is 4.90 Å². The van der Waals surface area contributed by atoms with Crippen molar-refractivity contribution in [2.45, 2.75) is 51.9 Å². The average molecular weight is 267 g/mol.